The van der Waals surface area contributed by atoms with Crippen LogP contribution in [0.4, 0.5) is 4.79 Å². The molecule has 1 aliphatic heterocycles. The summed E-state index contributed by atoms with van der Waals surface area (Å²) >= 11 is 3.43. The molecule has 0 radical (unpaired) electrons. The lowest BCUT2D eigenvalue weighted by atomic mass is 9.99. The topological polar surface area (TPSA) is 46.6 Å². The number of hydrogen-bond acceptors (Lipinski definition) is 3. The first kappa shape index (κ1) is 19.0. The van der Waals surface area contributed by atoms with E-state index in [1.165, 1.54) is 17.7 Å². The zero-order valence-corrected chi connectivity index (χ0v) is 15.8. The van der Waals surface area contributed by atoms with Crippen LogP contribution >= 0.6 is 15.9 Å². The summed E-state index contributed by atoms with van der Waals surface area (Å²) in [4.78, 5) is 26.1. The summed E-state index contributed by atoms with van der Waals surface area (Å²) in [6.45, 7) is 2.20. The quantitative estimate of drug-likeness (QED) is 0.454. The average molecular weight is 396 g/mol. The second-order valence-electron chi connectivity index (χ2n) is 6.42. The van der Waals surface area contributed by atoms with E-state index in [9.17, 15) is 9.59 Å². The maximum atomic E-state index is 12.7. The van der Waals surface area contributed by atoms with E-state index in [0.29, 0.717) is 6.42 Å². The van der Waals surface area contributed by atoms with Crippen LogP contribution in [0.25, 0.3) is 0 Å². The van der Waals surface area contributed by atoms with Crippen LogP contribution in [0.1, 0.15) is 44.6 Å². The third kappa shape index (κ3) is 5.33. The van der Waals surface area contributed by atoms with E-state index in [2.05, 4.69) is 15.9 Å². The van der Waals surface area contributed by atoms with Gasteiger partial charge in [0.1, 0.15) is 6.61 Å². The predicted molar refractivity (Wildman–Crippen MR) is 98.2 cm³/mol. The molecule has 2 atom stereocenters. The van der Waals surface area contributed by atoms with Crippen LogP contribution in [-0.4, -0.2) is 34.9 Å². The van der Waals surface area contributed by atoms with Crippen molar-refractivity contribution < 1.29 is 14.3 Å². The van der Waals surface area contributed by atoms with Gasteiger partial charge in [-0.25, -0.2) is 9.69 Å². The van der Waals surface area contributed by atoms with Gasteiger partial charge < -0.3 is 4.74 Å². The number of carbonyl (C=O) groups excluding carboxylic acids is 2. The number of amides is 2. The first-order valence-corrected chi connectivity index (χ1v) is 9.85. The van der Waals surface area contributed by atoms with Crippen molar-refractivity contribution in [2.24, 2.45) is 5.92 Å². The molecule has 24 heavy (non-hydrogen) atoms. The molecule has 0 aromatic heterocycles. The number of nitrogens with zero attached hydrogens (tertiary/aromatic N) is 1. The smallest absolute Gasteiger partial charge is 0.416 e. The molecule has 0 unspecified atom stereocenters. The summed E-state index contributed by atoms with van der Waals surface area (Å²) in [6, 6.07) is 9.73. The molecule has 2 rings (SSSR count). The summed E-state index contributed by atoms with van der Waals surface area (Å²) in [7, 11) is 0. The van der Waals surface area contributed by atoms with Crippen molar-refractivity contribution in [3.8, 4) is 0 Å². The third-order valence-corrected chi connectivity index (χ3v) is 5.02. The Hall–Kier alpha value is -1.36. The number of rotatable bonds is 9. The maximum absolute atomic E-state index is 12.7. The van der Waals surface area contributed by atoms with Gasteiger partial charge in [0.2, 0.25) is 5.91 Å². The lowest BCUT2D eigenvalue weighted by Gasteiger charge is -2.23. The fraction of sp³-hybridized carbons (Fsp3) is 0.579. The Labute approximate surface area is 152 Å². The van der Waals surface area contributed by atoms with E-state index in [0.717, 1.165) is 30.2 Å². The molecule has 0 N–H and O–H groups in total. The number of alkyl halides is 1. The number of halogens is 1. The van der Waals surface area contributed by atoms with Gasteiger partial charge in [-0.2, -0.15) is 0 Å². The fourth-order valence-corrected chi connectivity index (χ4v) is 3.42. The van der Waals surface area contributed by atoms with E-state index in [4.69, 9.17) is 4.74 Å². The van der Waals surface area contributed by atoms with Gasteiger partial charge in [0.15, 0.2) is 0 Å². The van der Waals surface area contributed by atoms with Gasteiger partial charge in [-0.1, -0.05) is 72.4 Å². The minimum atomic E-state index is -0.493. The molecular weight excluding hydrogens is 370 g/mol. The second kappa shape index (κ2) is 9.82. The van der Waals surface area contributed by atoms with Crippen LogP contribution in [0, 0.1) is 5.92 Å². The Morgan fingerprint density at radius 2 is 1.96 bits per heavy atom. The van der Waals surface area contributed by atoms with Gasteiger partial charge in [0, 0.05) is 11.2 Å². The van der Waals surface area contributed by atoms with Crippen LogP contribution in [0.3, 0.4) is 0 Å². The summed E-state index contributed by atoms with van der Waals surface area (Å²) in [5, 5.41) is 1.03. The van der Waals surface area contributed by atoms with E-state index in [1.807, 2.05) is 37.3 Å². The largest absolute Gasteiger partial charge is 0.447 e. The van der Waals surface area contributed by atoms with Gasteiger partial charge in [-0.3, -0.25) is 4.79 Å². The monoisotopic (exact) mass is 395 g/mol. The molecule has 0 spiro atoms. The molecule has 0 aliphatic carbocycles. The molecule has 5 heteroatoms. The third-order valence-electron chi connectivity index (χ3n) is 4.45. The van der Waals surface area contributed by atoms with Crippen LogP contribution in [0.5, 0.6) is 0 Å². The van der Waals surface area contributed by atoms with Gasteiger partial charge >= 0.3 is 6.09 Å². The highest BCUT2D eigenvalue weighted by Crippen LogP contribution is 2.22. The Morgan fingerprint density at radius 1 is 1.25 bits per heavy atom. The summed E-state index contributed by atoms with van der Waals surface area (Å²) in [6.07, 6.45) is 5.47. The SMILES string of the molecule is C[C@H](CCCCCCBr)C(=O)N1C(=O)OC[C@H]1Cc1ccccc1. The Balaban J connectivity index is 1.88. The molecule has 1 fully saturated rings. The van der Waals surface area contributed by atoms with Gasteiger partial charge in [-0.15, -0.1) is 0 Å². The number of imide groups is 1. The van der Waals surface area contributed by atoms with Crippen LogP contribution in [-0.2, 0) is 16.0 Å². The Bertz CT molecular complexity index is 535. The number of ether oxygens (including phenoxy) is 1. The highest BCUT2D eigenvalue weighted by molar-refractivity contribution is 9.09. The second-order valence-corrected chi connectivity index (χ2v) is 7.21. The molecule has 4 nitrogen and oxygen atoms in total. The first-order valence-electron chi connectivity index (χ1n) is 8.73. The molecule has 1 aromatic carbocycles. The highest BCUT2D eigenvalue weighted by atomic mass is 79.9. The van der Waals surface area contributed by atoms with Gasteiger partial charge in [0.05, 0.1) is 6.04 Å². The summed E-state index contributed by atoms with van der Waals surface area (Å²) < 4.78 is 5.14. The summed E-state index contributed by atoms with van der Waals surface area (Å²) in [5.41, 5.74) is 1.11. The fourth-order valence-electron chi connectivity index (χ4n) is 3.03. The first-order chi connectivity index (χ1) is 11.6. The molecule has 1 heterocycles. The number of carbonyl (C=O) groups is 2. The molecule has 1 aliphatic rings. The highest BCUT2D eigenvalue weighted by Gasteiger charge is 2.39. The minimum absolute atomic E-state index is 0.0982. The van der Waals surface area contributed by atoms with Gasteiger partial charge in [-0.05, 0) is 24.8 Å². The van der Waals surface area contributed by atoms with Crippen molar-refractivity contribution in [2.75, 3.05) is 11.9 Å². The lowest BCUT2D eigenvalue weighted by Crippen LogP contribution is -2.43. The zero-order chi connectivity index (χ0) is 17.4. The normalized spacial score (nSPS) is 18.5. The van der Waals surface area contributed by atoms with Crippen LogP contribution < -0.4 is 0 Å². The van der Waals surface area contributed by atoms with Crippen LogP contribution in [0.2, 0.25) is 0 Å². The van der Waals surface area contributed by atoms with Crippen molar-refractivity contribution in [3.63, 3.8) is 0 Å². The standard InChI is InChI=1S/C19H26BrNO3/c1-15(9-5-2-3-8-12-20)18(22)21-17(14-24-19(21)23)13-16-10-6-4-7-11-16/h4,6-7,10-11,15,17H,2-3,5,8-9,12-14H2,1H3/t15-,17-/m1/s1. The molecule has 0 bridgehead atoms. The number of benzene rings is 1. The molecule has 132 valence electrons. The zero-order valence-electron chi connectivity index (χ0n) is 14.2. The maximum Gasteiger partial charge on any atom is 0.416 e. The molecular formula is C19H26BrNO3. The number of cyclic esters (lactones) is 1. The van der Waals surface area contributed by atoms with E-state index in [1.54, 1.807) is 0 Å². The van der Waals surface area contributed by atoms with Gasteiger partial charge in [0.25, 0.3) is 0 Å². The predicted octanol–water partition coefficient (Wildman–Crippen LogP) is 4.56. The van der Waals surface area contributed by atoms with Crippen LogP contribution in [0.15, 0.2) is 30.3 Å². The van der Waals surface area contributed by atoms with E-state index >= 15 is 0 Å². The van der Waals surface area contributed by atoms with Crippen molar-refractivity contribution >= 4 is 27.9 Å². The van der Waals surface area contributed by atoms with E-state index in [-0.39, 0.29) is 24.5 Å². The Kier molecular flexibility index (Phi) is 7.76. The number of unbranched alkanes of at least 4 members (excludes halogenated alkanes) is 3. The summed E-state index contributed by atoms with van der Waals surface area (Å²) in [5.74, 6) is -0.239. The average Bonchev–Trinajstić information content (AvgIpc) is 2.95. The van der Waals surface area contributed by atoms with Crippen molar-refractivity contribution in [3.05, 3.63) is 35.9 Å². The molecule has 0 saturated carbocycles. The number of hydrogen-bond donors (Lipinski definition) is 0. The van der Waals surface area contributed by atoms with E-state index < -0.39 is 6.09 Å². The minimum Gasteiger partial charge on any atom is -0.447 e. The molecule has 2 amide bonds. The van der Waals surface area contributed by atoms with Crippen molar-refractivity contribution in [1.29, 1.82) is 0 Å². The Morgan fingerprint density at radius 3 is 2.67 bits per heavy atom. The molecule has 1 saturated heterocycles. The molecule has 1 aromatic rings. The van der Waals surface area contributed by atoms with Crippen molar-refractivity contribution in [1.82, 2.24) is 4.90 Å². The van der Waals surface area contributed by atoms with Crippen molar-refractivity contribution in [2.45, 2.75) is 51.5 Å². The lowest BCUT2D eigenvalue weighted by molar-refractivity contribution is -0.133.